The molecule has 0 aliphatic carbocycles. The molecule has 0 aromatic carbocycles. The first-order valence-corrected chi connectivity index (χ1v) is 3.21. The topological polar surface area (TPSA) is 3.24 Å². The molecule has 0 saturated heterocycles. The van der Waals surface area contributed by atoms with Crippen molar-refractivity contribution >= 4 is 0 Å². The Balaban J connectivity index is 2.34. The van der Waals surface area contributed by atoms with Gasteiger partial charge in [-0.1, -0.05) is 13.0 Å². The molecule has 0 spiro atoms. The van der Waals surface area contributed by atoms with Crippen LogP contribution in [-0.2, 0) is 0 Å². The molecule has 0 aromatic heterocycles. The van der Waals surface area contributed by atoms with Crippen molar-refractivity contribution in [3.05, 3.63) is 12.3 Å². The molecule has 1 rings (SSSR count). The summed E-state index contributed by atoms with van der Waals surface area (Å²) in [5.74, 6) is 0.819. The molecule has 1 aliphatic rings. The maximum atomic E-state index is 2.28. The van der Waals surface area contributed by atoms with Crippen LogP contribution < -0.4 is 0 Å². The van der Waals surface area contributed by atoms with Crippen molar-refractivity contribution in [3.8, 4) is 0 Å². The largest absolute Gasteiger partial charge is 0.380 e. The Hall–Kier alpha value is -0.460. The number of rotatable bonds is 1. The van der Waals surface area contributed by atoms with Crippen molar-refractivity contribution in [1.29, 1.82) is 0 Å². The molecule has 1 nitrogen and oxygen atoms in total. The van der Waals surface area contributed by atoms with Gasteiger partial charge in [0.2, 0.25) is 0 Å². The Bertz CT molecular complexity index is 96.6. The summed E-state index contributed by atoms with van der Waals surface area (Å²) in [6.45, 7) is 3.45. The van der Waals surface area contributed by atoms with E-state index in [4.69, 9.17) is 0 Å². The maximum absolute atomic E-state index is 2.28. The van der Waals surface area contributed by atoms with Crippen molar-refractivity contribution in [3.63, 3.8) is 0 Å². The first-order chi connectivity index (χ1) is 3.83. The van der Waals surface area contributed by atoms with Crippen molar-refractivity contribution in [2.45, 2.75) is 13.3 Å². The second kappa shape index (κ2) is 2.21. The molecular weight excluding hydrogens is 98.1 g/mol. The van der Waals surface area contributed by atoms with Crippen molar-refractivity contribution in [2.24, 2.45) is 5.92 Å². The predicted octanol–water partition coefficient (Wildman–Crippen LogP) is 1.47. The Morgan fingerprint density at radius 2 is 2.50 bits per heavy atom. The van der Waals surface area contributed by atoms with Gasteiger partial charge in [-0.05, 0) is 18.5 Å². The zero-order valence-electron chi connectivity index (χ0n) is 5.59. The average Bonchev–Trinajstić information content (AvgIpc) is 2.14. The van der Waals surface area contributed by atoms with E-state index in [1.807, 2.05) is 0 Å². The summed E-state index contributed by atoms with van der Waals surface area (Å²) in [5.41, 5.74) is 0. The molecule has 0 amide bonds. The van der Waals surface area contributed by atoms with Crippen molar-refractivity contribution in [2.75, 3.05) is 13.6 Å². The van der Waals surface area contributed by atoms with E-state index in [-0.39, 0.29) is 0 Å². The normalized spacial score (nSPS) is 27.2. The van der Waals surface area contributed by atoms with Crippen LogP contribution in [0, 0.1) is 5.92 Å². The molecule has 8 heavy (non-hydrogen) atoms. The van der Waals surface area contributed by atoms with Crippen LogP contribution in [0.3, 0.4) is 0 Å². The molecule has 0 bridgehead atoms. The lowest BCUT2D eigenvalue weighted by Gasteiger charge is -2.08. The first-order valence-electron chi connectivity index (χ1n) is 3.21. The summed E-state index contributed by atoms with van der Waals surface area (Å²) in [7, 11) is 2.12. The van der Waals surface area contributed by atoms with Gasteiger partial charge in [-0.25, -0.2) is 0 Å². The molecule has 0 aromatic rings. The molecule has 1 heteroatoms. The summed E-state index contributed by atoms with van der Waals surface area (Å²) in [5, 5.41) is 0. The highest BCUT2D eigenvalue weighted by Crippen LogP contribution is 2.12. The van der Waals surface area contributed by atoms with Crippen LogP contribution in [0.1, 0.15) is 13.3 Å². The van der Waals surface area contributed by atoms with E-state index in [0.717, 1.165) is 5.92 Å². The van der Waals surface area contributed by atoms with Gasteiger partial charge < -0.3 is 4.90 Å². The highest BCUT2D eigenvalue weighted by atomic mass is 15.1. The molecule has 0 N–H and O–H groups in total. The monoisotopic (exact) mass is 111 g/mol. The molecule has 0 saturated carbocycles. The fourth-order valence-electron chi connectivity index (χ4n) is 1.03. The fourth-order valence-corrected chi connectivity index (χ4v) is 1.03. The third-order valence-corrected chi connectivity index (χ3v) is 1.66. The van der Waals surface area contributed by atoms with Crippen molar-refractivity contribution in [1.82, 2.24) is 4.90 Å². The smallest absolute Gasteiger partial charge is 0.0232 e. The van der Waals surface area contributed by atoms with Crippen LogP contribution in [0.5, 0.6) is 0 Å². The minimum absolute atomic E-state index is 0.819. The zero-order chi connectivity index (χ0) is 5.98. The number of hydrogen-bond acceptors (Lipinski definition) is 1. The van der Waals surface area contributed by atoms with Gasteiger partial charge in [-0.2, -0.15) is 0 Å². The van der Waals surface area contributed by atoms with Crippen LogP contribution in [-0.4, -0.2) is 18.5 Å². The highest BCUT2D eigenvalue weighted by molar-refractivity contribution is 4.95. The molecule has 0 fully saturated rings. The van der Waals surface area contributed by atoms with Gasteiger partial charge in [-0.3, -0.25) is 0 Å². The Kier molecular flexibility index (Phi) is 1.56. The van der Waals surface area contributed by atoms with Gasteiger partial charge in [0, 0.05) is 13.6 Å². The molecule has 1 heterocycles. The lowest BCUT2D eigenvalue weighted by Crippen LogP contribution is -2.11. The SMILES string of the molecule is CCC1C=CN(C)C1. The van der Waals surface area contributed by atoms with E-state index < -0.39 is 0 Å². The lowest BCUT2D eigenvalue weighted by atomic mass is 10.1. The van der Waals surface area contributed by atoms with Crippen LogP contribution >= 0.6 is 0 Å². The molecular formula is C7H13N. The quantitative estimate of drug-likeness (QED) is 0.495. The first kappa shape index (κ1) is 5.67. The van der Waals surface area contributed by atoms with Gasteiger partial charge in [0.1, 0.15) is 0 Å². The molecule has 1 unspecified atom stereocenters. The number of hydrogen-bond donors (Lipinski definition) is 0. The fraction of sp³-hybridized carbons (Fsp3) is 0.714. The van der Waals surface area contributed by atoms with Crippen molar-refractivity contribution < 1.29 is 0 Å². The third kappa shape index (κ3) is 1.03. The minimum atomic E-state index is 0.819. The van der Waals surface area contributed by atoms with E-state index in [1.54, 1.807) is 0 Å². The Labute approximate surface area is 51.0 Å². The summed E-state index contributed by atoms with van der Waals surface area (Å²) in [6, 6.07) is 0. The Morgan fingerprint density at radius 1 is 1.75 bits per heavy atom. The van der Waals surface area contributed by atoms with E-state index >= 15 is 0 Å². The zero-order valence-corrected chi connectivity index (χ0v) is 5.59. The molecule has 0 radical (unpaired) electrons. The highest BCUT2D eigenvalue weighted by Gasteiger charge is 2.08. The summed E-state index contributed by atoms with van der Waals surface area (Å²) in [6.07, 6.45) is 5.72. The standard InChI is InChI=1S/C7H13N/c1-3-7-4-5-8(2)6-7/h4-5,7H,3,6H2,1-2H3. The van der Waals surface area contributed by atoms with Crippen LogP contribution in [0.4, 0.5) is 0 Å². The van der Waals surface area contributed by atoms with Crippen LogP contribution in [0.25, 0.3) is 0 Å². The maximum Gasteiger partial charge on any atom is 0.0232 e. The summed E-state index contributed by atoms with van der Waals surface area (Å²) in [4.78, 5) is 2.23. The third-order valence-electron chi connectivity index (χ3n) is 1.66. The summed E-state index contributed by atoms with van der Waals surface area (Å²) < 4.78 is 0. The average molecular weight is 111 g/mol. The second-order valence-corrected chi connectivity index (χ2v) is 2.45. The van der Waals surface area contributed by atoms with Gasteiger partial charge in [0.15, 0.2) is 0 Å². The van der Waals surface area contributed by atoms with E-state index in [0.29, 0.717) is 0 Å². The van der Waals surface area contributed by atoms with Gasteiger partial charge >= 0.3 is 0 Å². The lowest BCUT2D eigenvalue weighted by molar-refractivity contribution is 0.431. The predicted molar refractivity (Wildman–Crippen MR) is 35.6 cm³/mol. The van der Waals surface area contributed by atoms with E-state index in [1.165, 1.54) is 13.0 Å². The van der Waals surface area contributed by atoms with Crippen LogP contribution in [0.2, 0.25) is 0 Å². The van der Waals surface area contributed by atoms with Gasteiger partial charge in [0.05, 0.1) is 0 Å². The molecule has 1 aliphatic heterocycles. The van der Waals surface area contributed by atoms with Gasteiger partial charge in [-0.15, -0.1) is 0 Å². The summed E-state index contributed by atoms with van der Waals surface area (Å²) >= 11 is 0. The Morgan fingerprint density at radius 3 is 2.75 bits per heavy atom. The molecule has 1 atom stereocenters. The molecule has 46 valence electrons. The van der Waals surface area contributed by atoms with E-state index in [9.17, 15) is 0 Å². The minimum Gasteiger partial charge on any atom is -0.380 e. The number of nitrogens with zero attached hydrogens (tertiary/aromatic N) is 1. The second-order valence-electron chi connectivity index (χ2n) is 2.45. The van der Waals surface area contributed by atoms with Gasteiger partial charge in [0.25, 0.3) is 0 Å². The van der Waals surface area contributed by atoms with Crippen LogP contribution in [0.15, 0.2) is 12.3 Å². The van der Waals surface area contributed by atoms with E-state index in [2.05, 4.69) is 31.1 Å².